The Balaban J connectivity index is 1.17. The van der Waals surface area contributed by atoms with Gasteiger partial charge in [0.25, 0.3) is 0 Å². The summed E-state index contributed by atoms with van der Waals surface area (Å²) in [5.41, 5.74) is 15.4. The first-order valence-electron chi connectivity index (χ1n) is 19.6. The highest BCUT2D eigenvalue weighted by Gasteiger charge is 2.21. The predicted molar refractivity (Wildman–Crippen MR) is 243 cm³/mol. The van der Waals surface area contributed by atoms with Gasteiger partial charge < -0.3 is 4.90 Å². The highest BCUT2D eigenvalue weighted by atomic mass is 15.1. The third-order valence-electron chi connectivity index (χ3n) is 11.0. The van der Waals surface area contributed by atoms with Crippen LogP contribution < -0.4 is 4.90 Å². The average molecular weight is 726 g/mol. The molecule has 10 aromatic carbocycles. The average Bonchev–Trinajstić information content (AvgIpc) is 3.30. The number of hydrogen-bond donors (Lipinski definition) is 0. The molecule has 268 valence electrons. The lowest BCUT2D eigenvalue weighted by molar-refractivity contribution is 1.28. The molecule has 0 radical (unpaired) electrons. The first-order chi connectivity index (χ1) is 28.3. The first kappa shape index (κ1) is 34.0. The molecule has 0 atom stereocenters. The zero-order chi connectivity index (χ0) is 38.0. The summed E-state index contributed by atoms with van der Waals surface area (Å²) in [5.74, 6) is 0. The van der Waals surface area contributed by atoms with E-state index >= 15 is 0 Å². The van der Waals surface area contributed by atoms with Gasteiger partial charge in [0.2, 0.25) is 0 Å². The van der Waals surface area contributed by atoms with Gasteiger partial charge in [-0.15, -0.1) is 0 Å². The fourth-order valence-corrected chi connectivity index (χ4v) is 8.43. The number of anilines is 3. The van der Waals surface area contributed by atoms with E-state index in [-0.39, 0.29) is 0 Å². The second-order valence-electron chi connectivity index (χ2n) is 14.5. The van der Waals surface area contributed by atoms with Crippen LogP contribution in [0.15, 0.2) is 237 Å². The molecule has 0 fully saturated rings. The molecule has 57 heavy (non-hydrogen) atoms. The minimum Gasteiger partial charge on any atom is -0.310 e. The highest BCUT2D eigenvalue weighted by molar-refractivity contribution is 6.24. The molecular formula is C56H39N. The SMILES string of the molecule is c1ccc(-c2cccc(N(c3ccc(-c4cccc5c4c(-c4ccccc4)c(-c4ccccc4)c4ccccc45)cc3)c3cccc(-c4ccccc4)c3)c2)cc1. The molecular weight excluding hydrogens is 687 g/mol. The zero-order valence-corrected chi connectivity index (χ0v) is 31.5. The Hall–Kier alpha value is -7.48. The number of rotatable bonds is 8. The summed E-state index contributed by atoms with van der Waals surface area (Å²) in [5, 5.41) is 5.03. The lowest BCUT2D eigenvalue weighted by Gasteiger charge is -2.27. The van der Waals surface area contributed by atoms with Gasteiger partial charge in [0.15, 0.2) is 0 Å². The van der Waals surface area contributed by atoms with Crippen LogP contribution in [0.4, 0.5) is 17.1 Å². The van der Waals surface area contributed by atoms with Crippen LogP contribution in [-0.2, 0) is 0 Å². The molecule has 10 aromatic rings. The Morgan fingerprint density at radius 3 is 1.19 bits per heavy atom. The fourth-order valence-electron chi connectivity index (χ4n) is 8.43. The summed E-state index contributed by atoms with van der Waals surface area (Å²) in [6.07, 6.45) is 0. The Morgan fingerprint density at radius 1 is 0.228 bits per heavy atom. The molecule has 1 nitrogen and oxygen atoms in total. The minimum absolute atomic E-state index is 1.09. The normalized spacial score (nSPS) is 11.2. The number of fused-ring (bicyclic) bond motifs is 3. The molecule has 1 heteroatoms. The van der Waals surface area contributed by atoms with Crippen LogP contribution in [0.1, 0.15) is 0 Å². The van der Waals surface area contributed by atoms with Gasteiger partial charge in [-0.25, -0.2) is 0 Å². The van der Waals surface area contributed by atoms with Crippen molar-refractivity contribution in [2.24, 2.45) is 0 Å². The van der Waals surface area contributed by atoms with Crippen molar-refractivity contribution in [3.05, 3.63) is 237 Å². The maximum atomic E-state index is 2.38. The summed E-state index contributed by atoms with van der Waals surface area (Å²) < 4.78 is 0. The van der Waals surface area contributed by atoms with Crippen molar-refractivity contribution in [3.8, 4) is 55.6 Å². The molecule has 0 N–H and O–H groups in total. The van der Waals surface area contributed by atoms with Crippen molar-refractivity contribution < 1.29 is 0 Å². The van der Waals surface area contributed by atoms with Crippen molar-refractivity contribution in [3.63, 3.8) is 0 Å². The highest BCUT2D eigenvalue weighted by Crippen LogP contribution is 2.48. The Kier molecular flexibility index (Phi) is 8.95. The second-order valence-corrected chi connectivity index (χ2v) is 14.5. The Labute approximate surface area is 334 Å². The summed E-state index contributed by atoms with van der Waals surface area (Å²) in [6, 6.07) is 85.6. The van der Waals surface area contributed by atoms with E-state index in [2.05, 4.69) is 241 Å². The molecule has 0 saturated heterocycles. The van der Waals surface area contributed by atoms with E-state index in [1.807, 2.05) is 0 Å². The lowest BCUT2D eigenvalue weighted by Crippen LogP contribution is -2.10. The van der Waals surface area contributed by atoms with Gasteiger partial charge in [0, 0.05) is 17.1 Å². The maximum absolute atomic E-state index is 2.38. The van der Waals surface area contributed by atoms with Crippen molar-refractivity contribution in [1.29, 1.82) is 0 Å². The van der Waals surface area contributed by atoms with Crippen molar-refractivity contribution >= 4 is 38.6 Å². The molecule has 0 aliphatic carbocycles. The van der Waals surface area contributed by atoms with Gasteiger partial charge >= 0.3 is 0 Å². The van der Waals surface area contributed by atoms with E-state index in [9.17, 15) is 0 Å². The van der Waals surface area contributed by atoms with Crippen LogP contribution in [-0.4, -0.2) is 0 Å². The molecule has 0 unspecified atom stereocenters. The van der Waals surface area contributed by atoms with E-state index in [0.717, 1.165) is 17.1 Å². The molecule has 0 spiro atoms. The van der Waals surface area contributed by atoms with E-state index in [1.165, 1.54) is 77.2 Å². The number of nitrogens with zero attached hydrogens (tertiary/aromatic N) is 1. The molecule has 0 saturated carbocycles. The molecule has 0 amide bonds. The summed E-state index contributed by atoms with van der Waals surface area (Å²) in [6.45, 7) is 0. The van der Waals surface area contributed by atoms with Gasteiger partial charge in [-0.3, -0.25) is 0 Å². The van der Waals surface area contributed by atoms with Crippen LogP contribution >= 0.6 is 0 Å². The number of benzene rings is 10. The van der Waals surface area contributed by atoms with Gasteiger partial charge in [-0.2, -0.15) is 0 Å². The molecule has 0 aromatic heterocycles. The number of hydrogen-bond acceptors (Lipinski definition) is 1. The molecule has 0 heterocycles. The molecule has 0 bridgehead atoms. The van der Waals surface area contributed by atoms with E-state index < -0.39 is 0 Å². The van der Waals surface area contributed by atoms with Gasteiger partial charge in [-0.05, 0) is 114 Å². The summed E-state index contributed by atoms with van der Waals surface area (Å²) in [7, 11) is 0. The Morgan fingerprint density at radius 2 is 0.649 bits per heavy atom. The summed E-state index contributed by atoms with van der Waals surface area (Å²) in [4.78, 5) is 2.38. The quantitative estimate of drug-likeness (QED) is 0.141. The second kappa shape index (κ2) is 15.0. The predicted octanol–water partition coefficient (Wildman–Crippen LogP) is 15.8. The monoisotopic (exact) mass is 725 g/mol. The van der Waals surface area contributed by atoms with Crippen molar-refractivity contribution in [2.45, 2.75) is 0 Å². The van der Waals surface area contributed by atoms with Gasteiger partial charge in [0.1, 0.15) is 0 Å². The van der Waals surface area contributed by atoms with Crippen LogP contribution in [0.2, 0.25) is 0 Å². The van der Waals surface area contributed by atoms with E-state index in [1.54, 1.807) is 0 Å². The Bertz CT molecular complexity index is 2890. The van der Waals surface area contributed by atoms with Crippen LogP contribution in [0.25, 0.3) is 77.2 Å². The molecule has 0 aliphatic heterocycles. The molecule has 10 rings (SSSR count). The minimum atomic E-state index is 1.09. The van der Waals surface area contributed by atoms with E-state index in [4.69, 9.17) is 0 Å². The van der Waals surface area contributed by atoms with Gasteiger partial charge in [-0.1, -0.05) is 200 Å². The first-order valence-corrected chi connectivity index (χ1v) is 19.6. The van der Waals surface area contributed by atoms with Crippen LogP contribution in [0, 0.1) is 0 Å². The topological polar surface area (TPSA) is 3.24 Å². The van der Waals surface area contributed by atoms with Gasteiger partial charge in [0.05, 0.1) is 0 Å². The lowest BCUT2D eigenvalue weighted by atomic mass is 9.82. The smallest absolute Gasteiger partial charge is 0.0467 e. The molecule has 0 aliphatic rings. The third-order valence-corrected chi connectivity index (χ3v) is 11.0. The van der Waals surface area contributed by atoms with Crippen LogP contribution in [0.3, 0.4) is 0 Å². The zero-order valence-electron chi connectivity index (χ0n) is 31.5. The largest absolute Gasteiger partial charge is 0.310 e. The van der Waals surface area contributed by atoms with Crippen LogP contribution in [0.5, 0.6) is 0 Å². The fraction of sp³-hybridized carbons (Fsp3) is 0. The third kappa shape index (κ3) is 6.46. The standard InChI is InChI=1S/C56H39N/c1-5-18-40(19-6-1)45-26-15-28-48(38-45)57(49-29-16-27-46(39-49)41-20-7-2-8-21-41)47-36-34-42(35-37-47)50-32-17-33-53-51-30-13-14-31-52(51)54(43-22-9-3-10-23-43)55(56(50)53)44-24-11-4-12-25-44/h1-39H. The maximum Gasteiger partial charge on any atom is 0.0467 e. The summed E-state index contributed by atoms with van der Waals surface area (Å²) >= 11 is 0. The van der Waals surface area contributed by atoms with Crippen molar-refractivity contribution in [2.75, 3.05) is 4.90 Å². The van der Waals surface area contributed by atoms with Crippen molar-refractivity contribution in [1.82, 2.24) is 0 Å². The van der Waals surface area contributed by atoms with E-state index in [0.29, 0.717) is 0 Å².